The molecule has 0 saturated carbocycles. The zero-order chi connectivity index (χ0) is 15.4. The number of aromatic nitrogens is 2. The molecule has 1 aromatic heterocycles. The molecule has 0 radical (unpaired) electrons. The summed E-state index contributed by atoms with van der Waals surface area (Å²) in [5, 5.41) is 22.6. The average Bonchev–Trinajstić information content (AvgIpc) is 3.24. The second-order valence-corrected chi connectivity index (χ2v) is 5.17. The molecule has 0 aliphatic carbocycles. The summed E-state index contributed by atoms with van der Waals surface area (Å²) in [4.78, 5) is 12.0. The van der Waals surface area contributed by atoms with Crippen molar-refractivity contribution in [3.8, 4) is 17.5 Å². The summed E-state index contributed by atoms with van der Waals surface area (Å²) in [7, 11) is 0. The first-order chi connectivity index (χ1) is 10.8. The molecule has 3 rings (SSSR count). The molecule has 0 bridgehead atoms. The summed E-state index contributed by atoms with van der Waals surface area (Å²) in [5.74, 6) is 0.230. The standard InChI is InChI=1S/C15H15N5O2/c16-7-10-2-1-3-12(6-10)14-19-20-15(22-14)13(21)18-9-11-4-5-17-8-11/h1-3,6,11,17H,4-5,8-9H2,(H,18,21). The van der Waals surface area contributed by atoms with E-state index in [1.165, 1.54) is 0 Å². The Morgan fingerprint density at radius 1 is 1.50 bits per heavy atom. The molecule has 2 aromatic rings. The van der Waals surface area contributed by atoms with Gasteiger partial charge in [0.25, 0.3) is 0 Å². The van der Waals surface area contributed by atoms with Crippen LogP contribution in [0.2, 0.25) is 0 Å². The molecule has 112 valence electrons. The van der Waals surface area contributed by atoms with Crippen LogP contribution in [0.3, 0.4) is 0 Å². The molecule has 2 N–H and O–H groups in total. The van der Waals surface area contributed by atoms with Crippen LogP contribution in [-0.4, -0.2) is 35.7 Å². The second-order valence-electron chi connectivity index (χ2n) is 5.17. The largest absolute Gasteiger partial charge is 0.412 e. The SMILES string of the molecule is N#Cc1cccc(-c2nnc(C(=O)NCC3CCNC3)o2)c1. The highest BCUT2D eigenvalue weighted by Crippen LogP contribution is 2.18. The molecule has 1 unspecified atom stereocenters. The van der Waals surface area contributed by atoms with E-state index in [-0.39, 0.29) is 17.7 Å². The molecule has 1 fully saturated rings. The number of carbonyl (C=O) groups excluding carboxylic acids is 1. The first-order valence-corrected chi connectivity index (χ1v) is 7.09. The number of nitrogens with zero attached hydrogens (tertiary/aromatic N) is 3. The van der Waals surface area contributed by atoms with Crippen molar-refractivity contribution in [1.82, 2.24) is 20.8 Å². The van der Waals surface area contributed by atoms with E-state index in [1.54, 1.807) is 24.3 Å². The van der Waals surface area contributed by atoms with Crippen molar-refractivity contribution < 1.29 is 9.21 Å². The Morgan fingerprint density at radius 3 is 3.18 bits per heavy atom. The quantitative estimate of drug-likeness (QED) is 0.870. The summed E-state index contributed by atoms with van der Waals surface area (Å²) < 4.78 is 5.39. The van der Waals surface area contributed by atoms with Gasteiger partial charge in [-0.2, -0.15) is 5.26 Å². The van der Waals surface area contributed by atoms with Gasteiger partial charge in [-0.05, 0) is 43.6 Å². The summed E-state index contributed by atoms with van der Waals surface area (Å²) in [6.45, 7) is 2.49. The maximum atomic E-state index is 12.0. The fraction of sp³-hybridized carbons (Fsp3) is 0.333. The summed E-state index contributed by atoms with van der Waals surface area (Å²) in [6.07, 6.45) is 1.05. The van der Waals surface area contributed by atoms with Gasteiger partial charge in [-0.25, -0.2) is 0 Å². The van der Waals surface area contributed by atoms with Gasteiger partial charge in [0.1, 0.15) is 0 Å². The maximum Gasteiger partial charge on any atom is 0.308 e. The monoisotopic (exact) mass is 297 g/mol. The van der Waals surface area contributed by atoms with E-state index in [2.05, 4.69) is 20.8 Å². The first-order valence-electron chi connectivity index (χ1n) is 7.09. The predicted octanol–water partition coefficient (Wildman–Crippen LogP) is 0.948. The number of hydrogen-bond acceptors (Lipinski definition) is 6. The van der Waals surface area contributed by atoms with Crippen LogP contribution in [0.25, 0.3) is 11.5 Å². The third kappa shape index (κ3) is 3.13. The summed E-state index contributed by atoms with van der Waals surface area (Å²) in [6, 6.07) is 8.84. The zero-order valence-corrected chi connectivity index (χ0v) is 11.9. The predicted molar refractivity (Wildman–Crippen MR) is 77.8 cm³/mol. The topological polar surface area (TPSA) is 104 Å². The number of nitrogens with one attached hydrogen (secondary N) is 2. The number of nitriles is 1. The lowest BCUT2D eigenvalue weighted by atomic mass is 10.1. The molecular weight excluding hydrogens is 282 g/mol. The van der Waals surface area contributed by atoms with E-state index in [0.29, 0.717) is 23.6 Å². The Bertz CT molecular complexity index is 713. The molecule has 1 saturated heterocycles. The Morgan fingerprint density at radius 2 is 2.41 bits per heavy atom. The molecule has 1 aliphatic rings. The van der Waals surface area contributed by atoms with Crippen molar-refractivity contribution in [1.29, 1.82) is 5.26 Å². The Hall–Kier alpha value is -2.72. The van der Waals surface area contributed by atoms with Crippen LogP contribution in [-0.2, 0) is 0 Å². The molecule has 1 aliphatic heterocycles. The van der Waals surface area contributed by atoms with Crippen LogP contribution < -0.4 is 10.6 Å². The molecule has 2 heterocycles. The van der Waals surface area contributed by atoms with Gasteiger partial charge >= 0.3 is 11.8 Å². The number of benzene rings is 1. The molecular formula is C15H15N5O2. The highest BCUT2D eigenvalue weighted by atomic mass is 16.4. The van der Waals surface area contributed by atoms with Gasteiger partial charge in [-0.1, -0.05) is 6.07 Å². The van der Waals surface area contributed by atoms with Gasteiger partial charge in [0.05, 0.1) is 11.6 Å². The van der Waals surface area contributed by atoms with Gasteiger partial charge in [0, 0.05) is 12.1 Å². The third-order valence-electron chi connectivity index (χ3n) is 3.57. The van der Waals surface area contributed by atoms with E-state index >= 15 is 0 Å². The minimum atomic E-state index is -0.373. The molecule has 7 nitrogen and oxygen atoms in total. The van der Waals surface area contributed by atoms with Crippen LogP contribution >= 0.6 is 0 Å². The molecule has 1 atom stereocenters. The van der Waals surface area contributed by atoms with Gasteiger partial charge in [0.2, 0.25) is 5.89 Å². The highest BCUT2D eigenvalue weighted by molar-refractivity contribution is 5.89. The molecule has 7 heteroatoms. The number of carbonyl (C=O) groups is 1. The smallest absolute Gasteiger partial charge is 0.308 e. The Balaban J connectivity index is 1.67. The molecule has 0 spiro atoms. The average molecular weight is 297 g/mol. The van der Waals surface area contributed by atoms with Crippen LogP contribution in [0.4, 0.5) is 0 Å². The fourth-order valence-electron chi connectivity index (χ4n) is 2.35. The lowest BCUT2D eigenvalue weighted by Gasteiger charge is -2.07. The molecule has 22 heavy (non-hydrogen) atoms. The number of amides is 1. The molecule has 1 amide bonds. The number of rotatable bonds is 4. The normalized spacial score (nSPS) is 17.1. The molecule has 1 aromatic carbocycles. The van der Waals surface area contributed by atoms with Gasteiger partial charge in [-0.3, -0.25) is 4.79 Å². The van der Waals surface area contributed by atoms with E-state index in [0.717, 1.165) is 19.5 Å². The maximum absolute atomic E-state index is 12.0. The van der Waals surface area contributed by atoms with Crippen LogP contribution in [0.5, 0.6) is 0 Å². The third-order valence-corrected chi connectivity index (χ3v) is 3.57. The fourth-order valence-corrected chi connectivity index (χ4v) is 2.35. The van der Waals surface area contributed by atoms with Crippen molar-refractivity contribution in [2.75, 3.05) is 19.6 Å². The first kappa shape index (κ1) is 14.2. The van der Waals surface area contributed by atoms with Gasteiger partial charge in [-0.15, -0.1) is 10.2 Å². The van der Waals surface area contributed by atoms with Gasteiger partial charge < -0.3 is 15.1 Å². The number of hydrogen-bond donors (Lipinski definition) is 2. The Labute approximate surface area is 127 Å². The lowest BCUT2D eigenvalue weighted by molar-refractivity contribution is 0.0914. The van der Waals surface area contributed by atoms with E-state index in [4.69, 9.17) is 9.68 Å². The lowest BCUT2D eigenvalue weighted by Crippen LogP contribution is -2.30. The van der Waals surface area contributed by atoms with Crippen molar-refractivity contribution >= 4 is 5.91 Å². The van der Waals surface area contributed by atoms with E-state index in [9.17, 15) is 4.79 Å². The van der Waals surface area contributed by atoms with Gasteiger partial charge in [0.15, 0.2) is 0 Å². The van der Waals surface area contributed by atoms with Crippen molar-refractivity contribution in [2.45, 2.75) is 6.42 Å². The zero-order valence-electron chi connectivity index (χ0n) is 11.9. The second kappa shape index (κ2) is 6.37. The highest BCUT2D eigenvalue weighted by Gasteiger charge is 2.19. The van der Waals surface area contributed by atoms with Crippen LogP contribution in [0.15, 0.2) is 28.7 Å². The van der Waals surface area contributed by atoms with Crippen molar-refractivity contribution in [2.24, 2.45) is 5.92 Å². The summed E-state index contributed by atoms with van der Waals surface area (Å²) in [5.41, 5.74) is 1.11. The van der Waals surface area contributed by atoms with Crippen molar-refractivity contribution in [3.63, 3.8) is 0 Å². The Kier molecular flexibility index (Phi) is 4.12. The summed E-state index contributed by atoms with van der Waals surface area (Å²) >= 11 is 0. The van der Waals surface area contributed by atoms with E-state index in [1.807, 2.05) is 6.07 Å². The van der Waals surface area contributed by atoms with E-state index < -0.39 is 0 Å². The van der Waals surface area contributed by atoms with Crippen LogP contribution in [0, 0.1) is 17.2 Å². The minimum absolute atomic E-state index is 0.0664. The van der Waals surface area contributed by atoms with Crippen LogP contribution in [0.1, 0.15) is 22.7 Å². The minimum Gasteiger partial charge on any atom is -0.412 e. The van der Waals surface area contributed by atoms with Crippen molar-refractivity contribution in [3.05, 3.63) is 35.7 Å².